The molecule has 0 aliphatic rings. The highest BCUT2D eigenvalue weighted by molar-refractivity contribution is 6.02. The second kappa shape index (κ2) is 18.3. The maximum Gasteiger partial charge on any atom is 0.408 e. The summed E-state index contributed by atoms with van der Waals surface area (Å²) in [4.78, 5) is 48.2. The van der Waals surface area contributed by atoms with Crippen LogP contribution >= 0.6 is 0 Å². The lowest BCUT2D eigenvalue weighted by atomic mass is 9.92. The molecule has 0 spiro atoms. The van der Waals surface area contributed by atoms with Crippen molar-refractivity contribution in [2.24, 2.45) is 0 Å². The van der Waals surface area contributed by atoms with Gasteiger partial charge in [0.1, 0.15) is 11.2 Å². The Morgan fingerprint density at radius 2 is 0.933 bits per heavy atom. The van der Waals surface area contributed by atoms with E-state index in [1.165, 1.54) is 27.7 Å². The topological polar surface area (TPSA) is 162 Å². The number of ketones is 2. The van der Waals surface area contributed by atoms with Crippen LogP contribution in [0, 0.1) is 0 Å². The zero-order chi connectivity index (χ0) is 33.5. The molecule has 2 aromatic carbocycles. The molecule has 2 rings (SSSR count). The molecule has 10 nitrogen and oxygen atoms in total. The molecular formula is C35H50N2O8. The average Bonchev–Trinajstić information content (AvgIpc) is 2.98. The highest BCUT2D eigenvalue weighted by Gasteiger charge is 2.27. The quantitative estimate of drug-likeness (QED) is 0.0813. The SMILES string of the molecule is CC(C)(O)C(=O)c1ccc(C(OC(=O)NCCCCCCCCCCCCNC(=O)O)c2ccc(C(=O)C(C)(C)O)cc2)cc1. The van der Waals surface area contributed by atoms with E-state index >= 15 is 0 Å². The molecule has 2 aromatic rings. The highest BCUT2D eigenvalue weighted by Crippen LogP contribution is 2.28. The van der Waals surface area contributed by atoms with Crippen molar-refractivity contribution in [3.63, 3.8) is 0 Å². The van der Waals surface area contributed by atoms with Crippen molar-refractivity contribution in [1.82, 2.24) is 10.6 Å². The summed E-state index contributed by atoms with van der Waals surface area (Å²) >= 11 is 0. The van der Waals surface area contributed by atoms with Crippen molar-refractivity contribution in [2.45, 2.75) is 109 Å². The Morgan fingerprint density at radius 1 is 0.600 bits per heavy atom. The summed E-state index contributed by atoms with van der Waals surface area (Å²) in [6.07, 6.45) is 8.11. The van der Waals surface area contributed by atoms with E-state index in [2.05, 4.69) is 10.6 Å². The number of carbonyl (C=O) groups excluding carboxylic acids is 3. The summed E-state index contributed by atoms with van der Waals surface area (Å²) in [5.41, 5.74) is -1.18. The fourth-order valence-corrected chi connectivity index (χ4v) is 4.85. The lowest BCUT2D eigenvalue weighted by molar-refractivity contribution is 0.0487. The summed E-state index contributed by atoms with van der Waals surface area (Å²) in [6, 6.07) is 13.0. The van der Waals surface area contributed by atoms with Crippen molar-refractivity contribution >= 4 is 23.8 Å². The van der Waals surface area contributed by atoms with Gasteiger partial charge in [0.15, 0.2) is 17.7 Å². The predicted molar refractivity (Wildman–Crippen MR) is 173 cm³/mol. The van der Waals surface area contributed by atoms with E-state index in [0.29, 0.717) is 35.3 Å². The van der Waals surface area contributed by atoms with Gasteiger partial charge in [-0.15, -0.1) is 0 Å². The molecule has 45 heavy (non-hydrogen) atoms. The fraction of sp³-hybridized carbons (Fsp3) is 0.543. The van der Waals surface area contributed by atoms with Crippen molar-refractivity contribution in [3.8, 4) is 0 Å². The lowest BCUT2D eigenvalue weighted by Crippen LogP contribution is -2.31. The van der Waals surface area contributed by atoms with Crippen LogP contribution < -0.4 is 10.6 Å². The summed E-state index contributed by atoms with van der Waals surface area (Å²) in [5.74, 6) is -0.858. The Bertz CT molecular complexity index is 1160. The predicted octanol–water partition coefficient (Wildman–Crippen LogP) is 6.58. The minimum Gasteiger partial charge on any atom is -0.465 e. The van der Waals surface area contributed by atoms with E-state index in [0.717, 1.165) is 64.2 Å². The highest BCUT2D eigenvalue weighted by atomic mass is 16.6. The van der Waals surface area contributed by atoms with Gasteiger partial charge in [0.05, 0.1) is 0 Å². The van der Waals surface area contributed by atoms with Gasteiger partial charge in [-0.05, 0) is 51.7 Å². The van der Waals surface area contributed by atoms with Gasteiger partial charge in [0, 0.05) is 24.2 Å². The van der Waals surface area contributed by atoms with E-state index < -0.39 is 41.1 Å². The smallest absolute Gasteiger partial charge is 0.408 e. The number of rotatable bonds is 20. The van der Waals surface area contributed by atoms with E-state index in [4.69, 9.17) is 9.84 Å². The van der Waals surface area contributed by atoms with Crippen LogP contribution in [-0.4, -0.2) is 63.4 Å². The van der Waals surface area contributed by atoms with Crippen LogP contribution in [0.3, 0.4) is 0 Å². The molecule has 0 aliphatic heterocycles. The van der Waals surface area contributed by atoms with Crippen LogP contribution in [0.2, 0.25) is 0 Å². The Morgan fingerprint density at radius 3 is 1.27 bits per heavy atom. The molecule has 248 valence electrons. The first-order chi connectivity index (χ1) is 21.2. The van der Waals surface area contributed by atoms with Crippen molar-refractivity contribution in [3.05, 3.63) is 70.8 Å². The maximum absolute atomic E-state index is 12.8. The zero-order valence-corrected chi connectivity index (χ0v) is 27.1. The number of nitrogens with one attached hydrogen (secondary N) is 2. The number of benzene rings is 2. The van der Waals surface area contributed by atoms with Crippen LogP contribution in [0.15, 0.2) is 48.5 Å². The van der Waals surface area contributed by atoms with Crippen LogP contribution in [-0.2, 0) is 4.74 Å². The van der Waals surface area contributed by atoms with Gasteiger partial charge in [-0.2, -0.15) is 0 Å². The lowest BCUT2D eigenvalue weighted by Gasteiger charge is -2.21. The van der Waals surface area contributed by atoms with Crippen LogP contribution in [0.25, 0.3) is 0 Å². The van der Waals surface area contributed by atoms with E-state index in [-0.39, 0.29) is 0 Å². The molecule has 0 saturated carbocycles. The van der Waals surface area contributed by atoms with Crippen molar-refractivity contribution < 1.29 is 39.2 Å². The Hall–Kier alpha value is -3.76. The van der Waals surface area contributed by atoms with E-state index in [9.17, 15) is 29.4 Å². The largest absolute Gasteiger partial charge is 0.465 e. The minimum atomic E-state index is -1.52. The number of hydrogen-bond acceptors (Lipinski definition) is 7. The second-order valence-electron chi connectivity index (χ2n) is 12.5. The summed E-state index contributed by atoms with van der Waals surface area (Å²) < 4.78 is 5.82. The van der Waals surface area contributed by atoms with Gasteiger partial charge < -0.3 is 30.7 Å². The van der Waals surface area contributed by atoms with Gasteiger partial charge in [0.2, 0.25) is 0 Å². The van der Waals surface area contributed by atoms with Gasteiger partial charge in [-0.25, -0.2) is 9.59 Å². The molecule has 2 amide bonds. The number of Topliss-reactive ketones (excluding diaryl/α,β-unsaturated/α-hetero) is 2. The minimum absolute atomic E-state index is 0.325. The summed E-state index contributed by atoms with van der Waals surface area (Å²) in [6.45, 7) is 6.67. The summed E-state index contributed by atoms with van der Waals surface area (Å²) in [7, 11) is 0. The number of unbranched alkanes of at least 4 members (excludes halogenated alkanes) is 9. The maximum atomic E-state index is 12.8. The number of hydrogen-bond donors (Lipinski definition) is 5. The molecule has 0 radical (unpaired) electrons. The number of carbonyl (C=O) groups is 4. The zero-order valence-electron chi connectivity index (χ0n) is 27.1. The van der Waals surface area contributed by atoms with Crippen LogP contribution in [0.4, 0.5) is 9.59 Å². The monoisotopic (exact) mass is 626 g/mol. The second-order valence-corrected chi connectivity index (χ2v) is 12.5. The molecule has 0 aromatic heterocycles. The Kier molecular flexibility index (Phi) is 15.2. The van der Waals surface area contributed by atoms with E-state index in [1.54, 1.807) is 48.5 Å². The van der Waals surface area contributed by atoms with Crippen molar-refractivity contribution in [2.75, 3.05) is 13.1 Å². The first kappa shape index (κ1) is 37.4. The fourth-order valence-electron chi connectivity index (χ4n) is 4.85. The molecule has 0 unspecified atom stereocenters. The first-order valence-electron chi connectivity index (χ1n) is 15.9. The Balaban J connectivity index is 1.88. The molecule has 0 bridgehead atoms. The molecule has 0 aliphatic carbocycles. The molecule has 10 heteroatoms. The molecule has 0 saturated heterocycles. The molecule has 0 heterocycles. The van der Waals surface area contributed by atoms with Gasteiger partial charge in [-0.3, -0.25) is 9.59 Å². The third-order valence-corrected chi connectivity index (χ3v) is 7.44. The van der Waals surface area contributed by atoms with Gasteiger partial charge in [0.25, 0.3) is 0 Å². The van der Waals surface area contributed by atoms with Crippen LogP contribution in [0.5, 0.6) is 0 Å². The molecule has 0 atom stereocenters. The standard InChI is InChI=1S/C35H50N2O8/c1-34(2,43)30(38)27-19-15-25(16-20-27)29(26-17-21-28(22-18-26)31(39)35(3,4)44)45-33(42)37-24-14-12-10-8-6-5-7-9-11-13-23-36-32(40)41/h15-22,29,36,43-44H,5-14,23-24H2,1-4H3,(H,37,42)(H,40,41). The number of ether oxygens (including phenoxy) is 1. The first-order valence-corrected chi connectivity index (χ1v) is 15.9. The van der Waals surface area contributed by atoms with Gasteiger partial charge in [-0.1, -0.05) is 99.9 Å². The number of carboxylic acid groups (broad SMARTS) is 1. The number of alkyl carbamates (subject to hydrolysis) is 1. The third-order valence-electron chi connectivity index (χ3n) is 7.44. The molecular weight excluding hydrogens is 576 g/mol. The Labute approximate surface area is 266 Å². The number of aliphatic hydroxyl groups is 2. The van der Waals surface area contributed by atoms with Crippen molar-refractivity contribution in [1.29, 1.82) is 0 Å². The summed E-state index contributed by atoms with van der Waals surface area (Å²) in [5, 5.41) is 33.9. The average molecular weight is 627 g/mol. The third kappa shape index (κ3) is 13.8. The normalized spacial score (nSPS) is 11.7. The number of amides is 2. The molecule has 0 fully saturated rings. The van der Waals surface area contributed by atoms with Crippen LogP contribution in [0.1, 0.15) is 130 Å². The van der Waals surface area contributed by atoms with E-state index in [1.807, 2.05) is 0 Å². The molecule has 5 N–H and O–H groups in total. The van der Waals surface area contributed by atoms with Gasteiger partial charge >= 0.3 is 12.2 Å².